The van der Waals surface area contributed by atoms with Crippen LogP contribution in [0.15, 0.2) is 24.3 Å². The van der Waals surface area contributed by atoms with Crippen molar-refractivity contribution in [2.45, 2.75) is 31.7 Å². The van der Waals surface area contributed by atoms with Gasteiger partial charge in [0.25, 0.3) is 0 Å². The Bertz CT molecular complexity index is 436. The lowest BCUT2D eigenvalue weighted by Crippen LogP contribution is -2.27. The zero-order valence-corrected chi connectivity index (χ0v) is 13.1. The molecule has 1 aliphatic carbocycles. The van der Waals surface area contributed by atoms with Gasteiger partial charge in [0.2, 0.25) is 0 Å². The first-order valence-corrected chi connectivity index (χ1v) is 8.29. The Kier molecular flexibility index (Phi) is 4.65. The molecule has 3 atom stereocenters. The molecule has 1 saturated heterocycles. The predicted octanol–water partition coefficient (Wildman–Crippen LogP) is 3.72. The number of rotatable bonds is 5. The molecular weight excluding hydrogens is 268 g/mol. The van der Waals surface area contributed by atoms with Gasteiger partial charge in [-0.2, -0.15) is 0 Å². The second kappa shape index (κ2) is 6.46. The zero-order valence-electron chi connectivity index (χ0n) is 12.3. The van der Waals surface area contributed by atoms with E-state index in [4.69, 9.17) is 11.6 Å². The van der Waals surface area contributed by atoms with Gasteiger partial charge in [-0.15, -0.1) is 0 Å². The summed E-state index contributed by atoms with van der Waals surface area (Å²) in [6.07, 6.45) is 5.52. The van der Waals surface area contributed by atoms with E-state index >= 15 is 0 Å². The Morgan fingerprint density at radius 3 is 2.60 bits per heavy atom. The maximum atomic E-state index is 6.32. The average molecular weight is 293 g/mol. The van der Waals surface area contributed by atoms with E-state index in [2.05, 4.69) is 22.3 Å². The van der Waals surface area contributed by atoms with E-state index in [0.717, 1.165) is 23.3 Å². The molecule has 0 amide bonds. The summed E-state index contributed by atoms with van der Waals surface area (Å²) in [5.41, 5.74) is 1.23. The van der Waals surface area contributed by atoms with Gasteiger partial charge in [-0.05, 0) is 56.3 Å². The van der Waals surface area contributed by atoms with Gasteiger partial charge in [0.05, 0.1) is 0 Å². The van der Waals surface area contributed by atoms with E-state index < -0.39 is 0 Å². The van der Waals surface area contributed by atoms with Crippen LogP contribution in [0.1, 0.15) is 37.3 Å². The molecule has 3 unspecified atom stereocenters. The van der Waals surface area contributed by atoms with Gasteiger partial charge in [0, 0.05) is 24.2 Å². The molecule has 1 N–H and O–H groups in total. The fourth-order valence-corrected chi connectivity index (χ4v) is 4.31. The first kappa shape index (κ1) is 14.4. The summed E-state index contributed by atoms with van der Waals surface area (Å²) in [5.74, 6) is 1.98. The predicted molar refractivity (Wildman–Crippen MR) is 85.1 cm³/mol. The van der Waals surface area contributed by atoms with Crippen LogP contribution in [-0.4, -0.2) is 31.6 Å². The molecule has 3 rings (SSSR count). The number of nitrogens with zero attached hydrogens (tertiary/aromatic N) is 1. The first-order valence-electron chi connectivity index (χ1n) is 7.92. The van der Waals surface area contributed by atoms with Crippen molar-refractivity contribution in [1.29, 1.82) is 0 Å². The standard InChI is InChI=1S/C17H25ClN2/c1-19-17(15-7-2-3-8-16(15)18)9-10-20-11-13-5-4-6-14(13)12-20/h2-3,7-8,13-14,17,19H,4-6,9-12H2,1H3. The molecule has 0 aromatic heterocycles. The first-order chi connectivity index (χ1) is 9.78. The van der Waals surface area contributed by atoms with Crippen LogP contribution < -0.4 is 5.32 Å². The van der Waals surface area contributed by atoms with Gasteiger partial charge in [-0.1, -0.05) is 36.2 Å². The lowest BCUT2D eigenvalue weighted by atomic mass is 10.0. The van der Waals surface area contributed by atoms with E-state index in [-0.39, 0.29) is 0 Å². The van der Waals surface area contributed by atoms with Crippen LogP contribution in [0.5, 0.6) is 0 Å². The number of hydrogen-bond acceptors (Lipinski definition) is 2. The molecule has 20 heavy (non-hydrogen) atoms. The fourth-order valence-electron chi connectivity index (χ4n) is 4.04. The minimum atomic E-state index is 0.365. The van der Waals surface area contributed by atoms with Crippen LogP contribution in [0.25, 0.3) is 0 Å². The molecule has 2 nitrogen and oxygen atoms in total. The van der Waals surface area contributed by atoms with Crippen LogP contribution in [0.2, 0.25) is 5.02 Å². The van der Waals surface area contributed by atoms with Crippen molar-refractivity contribution in [3.05, 3.63) is 34.9 Å². The Morgan fingerprint density at radius 2 is 1.95 bits per heavy atom. The molecule has 2 fully saturated rings. The Balaban J connectivity index is 1.55. The van der Waals surface area contributed by atoms with Crippen LogP contribution in [-0.2, 0) is 0 Å². The van der Waals surface area contributed by atoms with Gasteiger partial charge in [-0.25, -0.2) is 0 Å². The summed E-state index contributed by atoms with van der Waals surface area (Å²) < 4.78 is 0. The number of halogens is 1. The largest absolute Gasteiger partial charge is 0.313 e. The number of benzene rings is 1. The van der Waals surface area contributed by atoms with E-state index in [9.17, 15) is 0 Å². The lowest BCUT2D eigenvalue weighted by Gasteiger charge is -2.22. The van der Waals surface area contributed by atoms with Crippen molar-refractivity contribution in [1.82, 2.24) is 10.2 Å². The van der Waals surface area contributed by atoms with Gasteiger partial charge in [0.1, 0.15) is 0 Å². The molecule has 3 heteroatoms. The Morgan fingerprint density at radius 1 is 1.25 bits per heavy atom. The van der Waals surface area contributed by atoms with E-state index in [1.54, 1.807) is 0 Å². The van der Waals surface area contributed by atoms with E-state index in [1.165, 1.54) is 44.5 Å². The average Bonchev–Trinajstić information content (AvgIpc) is 3.02. The SMILES string of the molecule is CNC(CCN1CC2CCCC2C1)c1ccccc1Cl. The molecular formula is C17H25ClN2. The molecule has 1 saturated carbocycles. The molecule has 1 aromatic carbocycles. The molecule has 1 aromatic rings. The number of hydrogen-bond donors (Lipinski definition) is 1. The van der Waals surface area contributed by atoms with Gasteiger partial charge < -0.3 is 10.2 Å². The number of nitrogens with one attached hydrogen (secondary N) is 1. The van der Waals surface area contributed by atoms with Crippen molar-refractivity contribution < 1.29 is 0 Å². The highest BCUT2D eigenvalue weighted by molar-refractivity contribution is 6.31. The molecule has 0 bridgehead atoms. The highest BCUT2D eigenvalue weighted by Gasteiger charge is 2.35. The third-order valence-corrected chi connectivity index (χ3v) is 5.51. The van der Waals surface area contributed by atoms with E-state index in [0.29, 0.717) is 6.04 Å². The lowest BCUT2D eigenvalue weighted by molar-refractivity contribution is 0.291. The summed E-state index contributed by atoms with van der Waals surface area (Å²) >= 11 is 6.32. The molecule has 2 aliphatic rings. The van der Waals surface area contributed by atoms with Crippen molar-refractivity contribution in [2.75, 3.05) is 26.7 Å². The van der Waals surface area contributed by atoms with Crippen LogP contribution in [0, 0.1) is 11.8 Å². The van der Waals surface area contributed by atoms with Gasteiger partial charge in [0.15, 0.2) is 0 Å². The maximum Gasteiger partial charge on any atom is 0.0453 e. The Labute approximate surface area is 127 Å². The van der Waals surface area contributed by atoms with Crippen molar-refractivity contribution in [3.8, 4) is 0 Å². The Hall–Kier alpha value is -0.570. The summed E-state index contributed by atoms with van der Waals surface area (Å²) in [6, 6.07) is 8.57. The quantitative estimate of drug-likeness (QED) is 0.890. The van der Waals surface area contributed by atoms with Crippen LogP contribution in [0.3, 0.4) is 0 Å². The smallest absolute Gasteiger partial charge is 0.0453 e. The van der Waals surface area contributed by atoms with Gasteiger partial charge >= 0.3 is 0 Å². The summed E-state index contributed by atoms with van der Waals surface area (Å²) in [7, 11) is 2.03. The monoisotopic (exact) mass is 292 g/mol. The molecule has 1 heterocycles. The highest BCUT2D eigenvalue weighted by atomic mass is 35.5. The third-order valence-electron chi connectivity index (χ3n) is 5.17. The fraction of sp³-hybridized carbons (Fsp3) is 0.647. The molecule has 1 aliphatic heterocycles. The second-order valence-corrected chi connectivity index (χ2v) is 6.77. The zero-order chi connectivity index (χ0) is 13.9. The summed E-state index contributed by atoms with van der Waals surface area (Å²) in [6.45, 7) is 3.83. The van der Waals surface area contributed by atoms with Crippen molar-refractivity contribution in [2.24, 2.45) is 11.8 Å². The topological polar surface area (TPSA) is 15.3 Å². The summed E-state index contributed by atoms with van der Waals surface area (Å²) in [4.78, 5) is 2.66. The highest BCUT2D eigenvalue weighted by Crippen LogP contribution is 2.38. The second-order valence-electron chi connectivity index (χ2n) is 6.36. The van der Waals surface area contributed by atoms with Crippen LogP contribution >= 0.6 is 11.6 Å². The van der Waals surface area contributed by atoms with Gasteiger partial charge in [-0.3, -0.25) is 0 Å². The van der Waals surface area contributed by atoms with E-state index in [1.807, 2.05) is 19.2 Å². The molecule has 0 radical (unpaired) electrons. The van der Waals surface area contributed by atoms with Crippen molar-refractivity contribution >= 4 is 11.6 Å². The van der Waals surface area contributed by atoms with Crippen LogP contribution in [0.4, 0.5) is 0 Å². The minimum Gasteiger partial charge on any atom is -0.313 e. The maximum absolute atomic E-state index is 6.32. The number of likely N-dealkylation sites (tertiary alicyclic amines) is 1. The number of fused-ring (bicyclic) bond motifs is 1. The third kappa shape index (κ3) is 3.03. The molecule has 0 spiro atoms. The summed E-state index contributed by atoms with van der Waals surface area (Å²) in [5, 5.41) is 4.30. The molecule has 110 valence electrons. The minimum absolute atomic E-state index is 0.365. The van der Waals surface area contributed by atoms with Crippen molar-refractivity contribution in [3.63, 3.8) is 0 Å². The normalized spacial score (nSPS) is 27.7.